The Bertz CT molecular complexity index is 611. The van der Waals surface area contributed by atoms with Crippen molar-refractivity contribution in [3.05, 3.63) is 11.8 Å². The van der Waals surface area contributed by atoms with E-state index in [2.05, 4.69) is 15.2 Å². The van der Waals surface area contributed by atoms with Crippen LogP contribution in [0.2, 0.25) is 0 Å². The molecule has 9 heteroatoms. The average molecular weight is 316 g/mol. The fourth-order valence-electron chi connectivity index (χ4n) is 2.29. The predicted octanol–water partition coefficient (Wildman–Crippen LogP) is 0.629. The highest BCUT2D eigenvalue weighted by atomic mass is 32.2. The normalized spacial score (nSPS) is 20.1. The molecule has 0 spiro atoms. The molecule has 2 heterocycles. The molecule has 1 amide bonds. The van der Waals surface area contributed by atoms with Gasteiger partial charge in [0, 0.05) is 18.7 Å². The first kappa shape index (κ1) is 15.9. The maximum atomic E-state index is 12.2. The molecule has 0 bridgehead atoms. The minimum atomic E-state index is -3.66. The molecule has 1 saturated heterocycles. The van der Waals surface area contributed by atoms with Crippen LogP contribution in [0, 0.1) is 6.92 Å². The maximum absolute atomic E-state index is 12.2. The summed E-state index contributed by atoms with van der Waals surface area (Å²) in [6.07, 6.45) is 1.14. The van der Waals surface area contributed by atoms with E-state index in [4.69, 9.17) is 4.52 Å². The van der Waals surface area contributed by atoms with E-state index in [1.54, 1.807) is 26.8 Å². The average Bonchev–Trinajstić information content (AvgIpc) is 2.96. The molecule has 8 nitrogen and oxygen atoms in total. The van der Waals surface area contributed by atoms with Crippen molar-refractivity contribution in [2.75, 3.05) is 11.9 Å². The zero-order chi connectivity index (χ0) is 15.6. The summed E-state index contributed by atoms with van der Waals surface area (Å²) in [6, 6.07) is 0.633. The fourth-order valence-corrected chi connectivity index (χ4v) is 3.93. The lowest BCUT2D eigenvalue weighted by molar-refractivity contribution is -0.119. The third-order valence-electron chi connectivity index (χ3n) is 3.08. The molecular formula is C12H20N4O4S. The second-order valence-corrected chi connectivity index (χ2v) is 7.01. The Morgan fingerprint density at radius 1 is 1.52 bits per heavy atom. The van der Waals surface area contributed by atoms with Crippen LogP contribution in [0.15, 0.2) is 10.6 Å². The molecule has 0 radical (unpaired) electrons. The topological polar surface area (TPSA) is 105 Å². The quantitative estimate of drug-likeness (QED) is 0.829. The first-order valence-electron chi connectivity index (χ1n) is 6.83. The van der Waals surface area contributed by atoms with Crippen molar-refractivity contribution >= 4 is 21.9 Å². The smallest absolute Gasteiger partial charge is 0.280 e. The van der Waals surface area contributed by atoms with Gasteiger partial charge >= 0.3 is 0 Å². The molecule has 1 aliphatic heterocycles. The molecule has 118 valence electrons. The van der Waals surface area contributed by atoms with E-state index in [0.29, 0.717) is 31.0 Å². The standard InChI is InChI=1S/C12H20N4O4S/c1-8(2)15-21(18,19)16-6-4-5-10(16)12(17)13-11-7-9(3)20-14-11/h7-8,10,15H,4-6H2,1-3H3,(H,13,14,17). The van der Waals surface area contributed by atoms with Crippen LogP contribution in [0.5, 0.6) is 0 Å². The lowest BCUT2D eigenvalue weighted by Crippen LogP contribution is -2.49. The Morgan fingerprint density at radius 3 is 2.81 bits per heavy atom. The lowest BCUT2D eigenvalue weighted by atomic mass is 10.2. The van der Waals surface area contributed by atoms with Gasteiger partial charge in [-0.2, -0.15) is 17.4 Å². The number of amides is 1. The SMILES string of the molecule is Cc1cc(NC(=O)C2CCCN2S(=O)(=O)NC(C)C)no1. The number of nitrogens with one attached hydrogen (secondary N) is 2. The van der Waals surface area contributed by atoms with E-state index in [0.717, 1.165) is 0 Å². The Hall–Kier alpha value is -1.45. The van der Waals surface area contributed by atoms with Crippen molar-refractivity contribution in [1.29, 1.82) is 0 Å². The molecule has 0 saturated carbocycles. The van der Waals surface area contributed by atoms with Gasteiger partial charge in [0.05, 0.1) is 0 Å². The van der Waals surface area contributed by atoms with E-state index in [1.807, 2.05) is 0 Å². The monoisotopic (exact) mass is 316 g/mol. The molecule has 2 rings (SSSR count). The van der Waals surface area contributed by atoms with Crippen molar-refractivity contribution in [3.8, 4) is 0 Å². The molecule has 1 aromatic rings. The molecule has 1 unspecified atom stereocenters. The van der Waals surface area contributed by atoms with Crippen molar-refractivity contribution in [3.63, 3.8) is 0 Å². The van der Waals surface area contributed by atoms with Gasteiger partial charge in [0.15, 0.2) is 5.82 Å². The maximum Gasteiger partial charge on any atom is 0.280 e. The minimum Gasteiger partial charge on any atom is -0.360 e. The van der Waals surface area contributed by atoms with Crippen molar-refractivity contribution in [1.82, 2.24) is 14.2 Å². The number of hydrogen-bond donors (Lipinski definition) is 2. The summed E-state index contributed by atoms with van der Waals surface area (Å²) in [4.78, 5) is 12.2. The second kappa shape index (κ2) is 6.12. The molecule has 0 aromatic carbocycles. The van der Waals surface area contributed by atoms with Crippen LogP contribution in [0.25, 0.3) is 0 Å². The summed E-state index contributed by atoms with van der Waals surface area (Å²) in [7, 11) is -3.66. The summed E-state index contributed by atoms with van der Waals surface area (Å²) >= 11 is 0. The van der Waals surface area contributed by atoms with Gasteiger partial charge in [0.2, 0.25) is 5.91 Å². The number of anilines is 1. The van der Waals surface area contributed by atoms with Crippen LogP contribution in [0.4, 0.5) is 5.82 Å². The largest absolute Gasteiger partial charge is 0.360 e. The second-order valence-electron chi connectivity index (χ2n) is 5.36. The highest BCUT2D eigenvalue weighted by Gasteiger charge is 2.39. The van der Waals surface area contributed by atoms with E-state index in [1.165, 1.54) is 4.31 Å². The summed E-state index contributed by atoms with van der Waals surface area (Å²) in [5.41, 5.74) is 0. The van der Waals surface area contributed by atoms with E-state index in [9.17, 15) is 13.2 Å². The molecule has 1 aromatic heterocycles. The Balaban J connectivity index is 2.09. The van der Waals surface area contributed by atoms with Crippen LogP contribution in [0.1, 0.15) is 32.4 Å². The van der Waals surface area contributed by atoms with Gasteiger partial charge in [-0.3, -0.25) is 4.79 Å². The van der Waals surface area contributed by atoms with Crippen LogP contribution in [-0.2, 0) is 15.0 Å². The number of aryl methyl sites for hydroxylation is 1. The van der Waals surface area contributed by atoms with Crippen LogP contribution in [0.3, 0.4) is 0 Å². The summed E-state index contributed by atoms with van der Waals surface area (Å²) < 4.78 is 33.0. The molecule has 1 fully saturated rings. The molecule has 1 aliphatic rings. The third kappa shape index (κ3) is 3.80. The van der Waals surface area contributed by atoms with Crippen molar-refractivity contribution < 1.29 is 17.7 Å². The van der Waals surface area contributed by atoms with Gasteiger partial charge < -0.3 is 9.84 Å². The number of rotatable bonds is 5. The van der Waals surface area contributed by atoms with E-state index >= 15 is 0 Å². The third-order valence-corrected chi connectivity index (χ3v) is 4.90. The van der Waals surface area contributed by atoms with Crippen molar-refractivity contribution in [2.24, 2.45) is 0 Å². The van der Waals surface area contributed by atoms with Crippen LogP contribution >= 0.6 is 0 Å². The molecular weight excluding hydrogens is 296 g/mol. The van der Waals surface area contributed by atoms with E-state index in [-0.39, 0.29) is 6.04 Å². The number of carbonyl (C=O) groups is 1. The predicted molar refractivity (Wildman–Crippen MR) is 76.8 cm³/mol. The Kier molecular flexibility index (Phi) is 4.64. The first-order valence-corrected chi connectivity index (χ1v) is 8.27. The van der Waals surface area contributed by atoms with Crippen LogP contribution < -0.4 is 10.0 Å². The Labute approximate surface area is 124 Å². The lowest BCUT2D eigenvalue weighted by Gasteiger charge is -2.24. The Morgan fingerprint density at radius 2 is 2.24 bits per heavy atom. The van der Waals surface area contributed by atoms with Gasteiger partial charge in [-0.15, -0.1) is 0 Å². The summed E-state index contributed by atoms with van der Waals surface area (Å²) in [5.74, 6) is 0.469. The molecule has 0 aliphatic carbocycles. The zero-order valence-corrected chi connectivity index (χ0v) is 13.1. The van der Waals surface area contributed by atoms with Gasteiger partial charge in [0.25, 0.3) is 10.2 Å². The first-order chi connectivity index (χ1) is 9.79. The molecule has 21 heavy (non-hydrogen) atoms. The summed E-state index contributed by atoms with van der Waals surface area (Å²) in [5, 5.41) is 6.25. The van der Waals surface area contributed by atoms with Crippen LogP contribution in [-0.4, -0.2) is 42.4 Å². The van der Waals surface area contributed by atoms with Gasteiger partial charge in [-0.05, 0) is 33.6 Å². The summed E-state index contributed by atoms with van der Waals surface area (Å²) in [6.45, 7) is 5.52. The highest BCUT2D eigenvalue weighted by molar-refractivity contribution is 7.87. The fraction of sp³-hybridized carbons (Fsp3) is 0.667. The number of nitrogens with zero attached hydrogens (tertiary/aromatic N) is 2. The van der Waals surface area contributed by atoms with Gasteiger partial charge in [-0.1, -0.05) is 5.16 Å². The molecule has 2 N–H and O–H groups in total. The zero-order valence-electron chi connectivity index (χ0n) is 12.3. The molecule has 1 atom stereocenters. The van der Waals surface area contributed by atoms with Crippen molar-refractivity contribution in [2.45, 2.75) is 45.7 Å². The minimum absolute atomic E-state index is 0.225. The van der Waals surface area contributed by atoms with Gasteiger partial charge in [0.1, 0.15) is 11.8 Å². The highest BCUT2D eigenvalue weighted by Crippen LogP contribution is 2.22. The number of hydrogen-bond acceptors (Lipinski definition) is 5. The number of carbonyl (C=O) groups excluding carboxylic acids is 1. The number of aromatic nitrogens is 1. The van der Waals surface area contributed by atoms with E-state index < -0.39 is 22.2 Å². The van der Waals surface area contributed by atoms with Gasteiger partial charge in [-0.25, -0.2) is 0 Å².